The zero-order chi connectivity index (χ0) is 18.0. The molecule has 0 radical (unpaired) electrons. The van der Waals surface area contributed by atoms with Crippen LogP contribution in [0.1, 0.15) is 31.0 Å². The molecule has 0 amide bonds. The van der Waals surface area contributed by atoms with Crippen LogP contribution < -0.4 is 10.3 Å². The summed E-state index contributed by atoms with van der Waals surface area (Å²) in [6, 6.07) is 16.9. The van der Waals surface area contributed by atoms with Gasteiger partial charge in [0.1, 0.15) is 12.4 Å². The van der Waals surface area contributed by atoms with Gasteiger partial charge in [0.25, 0.3) is 5.56 Å². The summed E-state index contributed by atoms with van der Waals surface area (Å²) in [5, 5.41) is 0.665. The van der Waals surface area contributed by atoms with Crippen LogP contribution >= 0.6 is 11.6 Å². The highest BCUT2D eigenvalue weighted by Gasteiger charge is 2.21. The third-order valence-electron chi connectivity index (χ3n) is 4.19. The fraction of sp³-hybridized carbons (Fsp3) is 0.250. The summed E-state index contributed by atoms with van der Waals surface area (Å²) in [5.41, 5.74) is 2.49. The SMILES string of the molecule is CC(C)c1c(COc2ccc(Cl)cc2)n(C)n(-c2ccccc2)c1=O. The Kier molecular flexibility index (Phi) is 5.00. The van der Waals surface area contributed by atoms with E-state index in [1.807, 2.05) is 68.0 Å². The molecule has 4 nitrogen and oxygen atoms in total. The maximum absolute atomic E-state index is 13.0. The molecule has 3 rings (SSSR count). The number of nitrogens with zero attached hydrogens (tertiary/aromatic N) is 2. The number of hydrogen-bond donors (Lipinski definition) is 0. The number of benzene rings is 2. The van der Waals surface area contributed by atoms with Gasteiger partial charge < -0.3 is 4.74 Å². The fourth-order valence-corrected chi connectivity index (χ4v) is 3.09. The third kappa shape index (κ3) is 3.49. The fourth-order valence-electron chi connectivity index (χ4n) is 2.96. The van der Waals surface area contributed by atoms with E-state index in [0.717, 1.165) is 22.7 Å². The minimum absolute atomic E-state index is 0.00148. The molecule has 0 saturated carbocycles. The summed E-state index contributed by atoms with van der Waals surface area (Å²) in [4.78, 5) is 13.0. The molecular weight excluding hydrogens is 336 g/mol. The first-order chi connectivity index (χ1) is 12.0. The Morgan fingerprint density at radius 2 is 1.68 bits per heavy atom. The zero-order valence-corrected chi connectivity index (χ0v) is 15.3. The van der Waals surface area contributed by atoms with Gasteiger partial charge in [0.2, 0.25) is 0 Å². The van der Waals surface area contributed by atoms with Crippen molar-refractivity contribution in [1.29, 1.82) is 0 Å². The first kappa shape index (κ1) is 17.4. The van der Waals surface area contributed by atoms with Crippen LogP contribution in [-0.4, -0.2) is 9.36 Å². The van der Waals surface area contributed by atoms with Gasteiger partial charge >= 0.3 is 0 Å². The van der Waals surface area contributed by atoms with Gasteiger partial charge in [0, 0.05) is 17.6 Å². The molecule has 0 spiro atoms. The molecule has 1 aromatic heterocycles. The summed E-state index contributed by atoms with van der Waals surface area (Å²) in [5.74, 6) is 0.825. The molecule has 130 valence electrons. The first-order valence-corrected chi connectivity index (χ1v) is 8.61. The number of aromatic nitrogens is 2. The van der Waals surface area contributed by atoms with Crippen molar-refractivity contribution in [3.8, 4) is 11.4 Å². The molecule has 0 aliphatic heterocycles. The lowest BCUT2D eigenvalue weighted by atomic mass is 10.0. The standard InChI is InChI=1S/C20H21ClN2O2/c1-14(2)19-18(13-25-17-11-9-15(21)10-12-17)22(3)23(20(19)24)16-7-5-4-6-8-16/h4-12,14H,13H2,1-3H3. The van der Waals surface area contributed by atoms with Crippen LogP contribution in [-0.2, 0) is 13.7 Å². The molecule has 0 unspecified atom stereocenters. The Balaban J connectivity index is 2.00. The van der Waals surface area contributed by atoms with Crippen molar-refractivity contribution in [2.24, 2.45) is 7.05 Å². The average molecular weight is 357 g/mol. The van der Waals surface area contributed by atoms with Crippen molar-refractivity contribution in [2.75, 3.05) is 0 Å². The van der Waals surface area contributed by atoms with Gasteiger partial charge in [-0.3, -0.25) is 9.48 Å². The quantitative estimate of drug-likeness (QED) is 0.673. The van der Waals surface area contributed by atoms with Crippen LogP contribution in [0.5, 0.6) is 5.75 Å². The van der Waals surface area contributed by atoms with E-state index in [9.17, 15) is 4.79 Å². The first-order valence-electron chi connectivity index (χ1n) is 8.23. The van der Waals surface area contributed by atoms with Crippen molar-refractivity contribution in [3.63, 3.8) is 0 Å². The lowest BCUT2D eigenvalue weighted by Gasteiger charge is -2.12. The van der Waals surface area contributed by atoms with Crippen molar-refractivity contribution in [2.45, 2.75) is 26.4 Å². The Labute approximate surface area is 152 Å². The second-order valence-electron chi connectivity index (χ2n) is 6.23. The minimum atomic E-state index is -0.00148. The topological polar surface area (TPSA) is 36.2 Å². The van der Waals surface area contributed by atoms with E-state index >= 15 is 0 Å². The molecule has 25 heavy (non-hydrogen) atoms. The minimum Gasteiger partial charge on any atom is -0.487 e. The normalized spacial score (nSPS) is 11.1. The van der Waals surface area contributed by atoms with Crippen LogP contribution in [0.25, 0.3) is 5.69 Å². The molecule has 2 aromatic carbocycles. The van der Waals surface area contributed by atoms with Crippen LogP contribution in [0.4, 0.5) is 0 Å². The summed E-state index contributed by atoms with van der Waals surface area (Å²) in [7, 11) is 1.89. The lowest BCUT2D eigenvalue weighted by Crippen LogP contribution is -2.21. The third-order valence-corrected chi connectivity index (χ3v) is 4.44. The smallest absolute Gasteiger partial charge is 0.275 e. The predicted octanol–water partition coefficient (Wildman–Crippen LogP) is 4.53. The highest BCUT2D eigenvalue weighted by molar-refractivity contribution is 6.30. The second-order valence-corrected chi connectivity index (χ2v) is 6.67. The Bertz CT molecular complexity index is 909. The molecule has 0 bridgehead atoms. The van der Waals surface area contributed by atoms with Gasteiger partial charge in [0.15, 0.2) is 0 Å². The number of halogens is 1. The van der Waals surface area contributed by atoms with E-state index in [2.05, 4.69) is 0 Å². The lowest BCUT2D eigenvalue weighted by molar-refractivity contribution is 0.291. The van der Waals surface area contributed by atoms with E-state index in [1.165, 1.54) is 0 Å². The van der Waals surface area contributed by atoms with Crippen LogP contribution in [0.15, 0.2) is 59.4 Å². The van der Waals surface area contributed by atoms with E-state index in [1.54, 1.807) is 16.8 Å². The molecule has 0 atom stereocenters. The number of hydrogen-bond acceptors (Lipinski definition) is 2. The average Bonchev–Trinajstić information content (AvgIpc) is 2.85. The molecule has 0 aliphatic rings. The molecule has 5 heteroatoms. The summed E-state index contributed by atoms with van der Waals surface area (Å²) >= 11 is 5.91. The van der Waals surface area contributed by atoms with Gasteiger partial charge in [-0.15, -0.1) is 0 Å². The van der Waals surface area contributed by atoms with E-state index in [4.69, 9.17) is 16.3 Å². The maximum atomic E-state index is 13.0. The van der Waals surface area contributed by atoms with Crippen molar-refractivity contribution >= 4 is 11.6 Å². The van der Waals surface area contributed by atoms with Crippen LogP contribution in [0.3, 0.4) is 0 Å². The number of para-hydroxylation sites is 1. The van der Waals surface area contributed by atoms with Crippen LogP contribution in [0.2, 0.25) is 5.02 Å². The van der Waals surface area contributed by atoms with Gasteiger partial charge in [-0.05, 0) is 42.3 Å². The monoisotopic (exact) mass is 356 g/mol. The molecule has 0 aliphatic carbocycles. The Morgan fingerprint density at radius 1 is 1.04 bits per heavy atom. The molecule has 3 aromatic rings. The summed E-state index contributed by atoms with van der Waals surface area (Å²) in [6.45, 7) is 4.37. The molecule has 1 heterocycles. The molecule has 0 fully saturated rings. The highest BCUT2D eigenvalue weighted by atomic mass is 35.5. The second kappa shape index (κ2) is 7.19. The maximum Gasteiger partial charge on any atom is 0.275 e. The van der Waals surface area contributed by atoms with Crippen molar-refractivity contribution in [1.82, 2.24) is 9.36 Å². The van der Waals surface area contributed by atoms with E-state index in [0.29, 0.717) is 11.6 Å². The summed E-state index contributed by atoms with van der Waals surface area (Å²) in [6.07, 6.45) is 0. The predicted molar refractivity (Wildman–Crippen MR) is 101 cm³/mol. The van der Waals surface area contributed by atoms with E-state index < -0.39 is 0 Å². The largest absolute Gasteiger partial charge is 0.487 e. The zero-order valence-electron chi connectivity index (χ0n) is 14.6. The molecule has 0 saturated heterocycles. The molecular formula is C20H21ClN2O2. The van der Waals surface area contributed by atoms with Gasteiger partial charge in [0.05, 0.1) is 11.4 Å². The van der Waals surface area contributed by atoms with E-state index in [-0.39, 0.29) is 11.5 Å². The van der Waals surface area contributed by atoms with Gasteiger partial charge in [-0.25, -0.2) is 4.68 Å². The number of ether oxygens (including phenoxy) is 1. The molecule has 0 N–H and O–H groups in total. The number of rotatable bonds is 5. The van der Waals surface area contributed by atoms with Gasteiger partial charge in [-0.1, -0.05) is 43.6 Å². The Morgan fingerprint density at radius 3 is 2.28 bits per heavy atom. The Hall–Kier alpha value is -2.46. The van der Waals surface area contributed by atoms with Gasteiger partial charge in [-0.2, -0.15) is 0 Å². The highest BCUT2D eigenvalue weighted by Crippen LogP contribution is 2.21. The van der Waals surface area contributed by atoms with Crippen molar-refractivity contribution in [3.05, 3.63) is 81.2 Å². The summed E-state index contributed by atoms with van der Waals surface area (Å²) < 4.78 is 9.46. The van der Waals surface area contributed by atoms with Crippen LogP contribution in [0, 0.1) is 0 Å². The van der Waals surface area contributed by atoms with Crippen molar-refractivity contribution < 1.29 is 4.74 Å².